The van der Waals surface area contributed by atoms with Crippen LogP contribution in [-0.2, 0) is 17.8 Å². The van der Waals surface area contributed by atoms with E-state index in [4.69, 9.17) is 10.5 Å². The Bertz CT molecular complexity index is 2760. The van der Waals surface area contributed by atoms with E-state index in [0.29, 0.717) is 24.3 Å². The molecule has 0 atom stereocenters. The molecular weight excluding hydrogens is 893 g/mol. The van der Waals surface area contributed by atoms with Crippen molar-refractivity contribution in [3.05, 3.63) is 213 Å². The van der Waals surface area contributed by atoms with Crippen molar-refractivity contribution in [3.8, 4) is 0 Å². The van der Waals surface area contributed by atoms with Crippen LogP contribution in [-0.4, -0.2) is 97.0 Å². The number of carbonyl (C=O) groups is 3. The van der Waals surface area contributed by atoms with Gasteiger partial charge in [0.1, 0.15) is 0 Å². The number of nitrogen functional groups attached to an aromatic ring is 1. The van der Waals surface area contributed by atoms with Gasteiger partial charge in [0, 0.05) is 87.9 Å². The number of methoxy groups -OCH3 is 1. The van der Waals surface area contributed by atoms with Gasteiger partial charge in [-0.15, -0.1) is 0 Å². The molecule has 0 aromatic heterocycles. The Morgan fingerprint density at radius 1 is 0.486 bits per heavy atom. The van der Waals surface area contributed by atoms with Crippen molar-refractivity contribution >= 4 is 40.4 Å². The molecule has 3 amide bonds. The molecule has 6 aromatic carbocycles. The highest BCUT2D eigenvalue weighted by Gasteiger charge is 2.23. The molecule has 10 nitrogen and oxygen atoms in total. The van der Waals surface area contributed by atoms with Crippen molar-refractivity contribution in [1.29, 1.82) is 0 Å². The minimum Gasteiger partial charge on any atom is -0.453 e. The zero-order valence-electron chi connectivity index (χ0n) is 42.9. The fourth-order valence-electron chi connectivity index (χ4n) is 9.86. The smallest absolute Gasteiger partial charge is 0.411 e. The summed E-state index contributed by atoms with van der Waals surface area (Å²) in [6, 6.07) is 53.4. The van der Waals surface area contributed by atoms with Crippen LogP contribution in [0.3, 0.4) is 0 Å². The van der Waals surface area contributed by atoms with Gasteiger partial charge in [-0.2, -0.15) is 0 Å². The Morgan fingerprint density at radius 2 is 0.875 bits per heavy atom. The Morgan fingerprint density at radius 3 is 1.26 bits per heavy atom. The molecule has 374 valence electrons. The molecule has 0 spiro atoms. The maximum absolute atomic E-state index is 12.9. The lowest BCUT2D eigenvalue weighted by molar-refractivity contribution is 0.0765. The first-order valence-electron chi connectivity index (χ1n) is 25.7. The molecule has 8 rings (SSSR count). The van der Waals surface area contributed by atoms with Gasteiger partial charge >= 0.3 is 6.09 Å². The minimum absolute atomic E-state index is 0.0502. The third-order valence-corrected chi connectivity index (χ3v) is 13.8. The SMILES string of the molecule is CCN(CC)C(=O)c1ccc(C(=C2CCN(Cc3ccccc3)CC2)c2cccc(N)c2)cc1.CCN(CC)C(=O)c1ccc(C(=C2CCN(Cc3ccccc3)CC2)c2cccc(NC(=O)OC)c2)cc1. The average molecular weight is 965 g/mol. The Hall–Kier alpha value is -7.27. The number of hydrogen-bond donors (Lipinski definition) is 2. The fourth-order valence-corrected chi connectivity index (χ4v) is 9.86. The number of benzene rings is 6. The molecule has 0 radical (unpaired) electrons. The molecular formula is C62H72N6O4. The first-order valence-corrected chi connectivity index (χ1v) is 25.7. The number of anilines is 2. The number of ether oxygens (including phenoxy) is 1. The van der Waals surface area contributed by atoms with Gasteiger partial charge in [-0.05, 0) is 146 Å². The maximum atomic E-state index is 12.9. The van der Waals surface area contributed by atoms with Crippen LogP contribution < -0.4 is 11.1 Å². The van der Waals surface area contributed by atoms with Crippen LogP contribution in [0.5, 0.6) is 0 Å². The summed E-state index contributed by atoms with van der Waals surface area (Å²) in [5.41, 5.74) is 21.4. The van der Waals surface area contributed by atoms with Crippen LogP contribution in [0.2, 0.25) is 0 Å². The summed E-state index contributed by atoms with van der Waals surface area (Å²) < 4.78 is 4.79. The van der Waals surface area contributed by atoms with Crippen LogP contribution in [0.15, 0.2) is 169 Å². The van der Waals surface area contributed by atoms with E-state index < -0.39 is 6.09 Å². The summed E-state index contributed by atoms with van der Waals surface area (Å²) in [6.45, 7) is 16.8. The van der Waals surface area contributed by atoms with Crippen LogP contribution in [0.4, 0.5) is 16.2 Å². The lowest BCUT2D eigenvalue weighted by Crippen LogP contribution is -2.30. The van der Waals surface area contributed by atoms with Crippen molar-refractivity contribution in [3.63, 3.8) is 0 Å². The molecule has 0 bridgehead atoms. The normalized spacial score (nSPS) is 13.8. The number of amides is 3. The van der Waals surface area contributed by atoms with Gasteiger partial charge in [0.05, 0.1) is 7.11 Å². The van der Waals surface area contributed by atoms with Gasteiger partial charge in [0.25, 0.3) is 11.8 Å². The maximum Gasteiger partial charge on any atom is 0.411 e. The Kier molecular flexibility index (Phi) is 19.2. The largest absolute Gasteiger partial charge is 0.453 e. The summed E-state index contributed by atoms with van der Waals surface area (Å²) in [7, 11) is 1.36. The summed E-state index contributed by atoms with van der Waals surface area (Å²) >= 11 is 0. The lowest BCUT2D eigenvalue weighted by atomic mass is 9.87. The molecule has 0 unspecified atom stereocenters. The number of nitrogens with zero attached hydrogens (tertiary/aromatic N) is 4. The molecule has 6 aromatic rings. The predicted molar refractivity (Wildman–Crippen MR) is 295 cm³/mol. The van der Waals surface area contributed by atoms with Gasteiger partial charge in [-0.1, -0.05) is 120 Å². The topological polar surface area (TPSA) is 111 Å². The quantitative estimate of drug-likeness (QED) is 0.0986. The number of nitrogens with two attached hydrogens (primary N) is 1. The molecule has 72 heavy (non-hydrogen) atoms. The van der Waals surface area contributed by atoms with Crippen molar-refractivity contribution in [1.82, 2.24) is 19.6 Å². The second-order valence-electron chi connectivity index (χ2n) is 18.4. The van der Waals surface area contributed by atoms with E-state index in [2.05, 4.69) is 118 Å². The van der Waals surface area contributed by atoms with E-state index in [1.165, 1.54) is 40.5 Å². The van der Waals surface area contributed by atoms with Gasteiger partial charge < -0.3 is 20.3 Å². The fraction of sp³-hybridized carbons (Fsp3) is 0.306. The first-order chi connectivity index (χ1) is 35.1. The second-order valence-corrected chi connectivity index (χ2v) is 18.4. The van der Waals surface area contributed by atoms with Crippen LogP contribution in [0.25, 0.3) is 11.1 Å². The number of piperidine rings is 2. The monoisotopic (exact) mass is 965 g/mol. The zero-order valence-corrected chi connectivity index (χ0v) is 42.9. The van der Waals surface area contributed by atoms with Crippen LogP contribution >= 0.6 is 0 Å². The molecule has 3 N–H and O–H groups in total. The third kappa shape index (κ3) is 14.0. The summed E-state index contributed by atoms with van der Waals surface area (Å²) in [4.78, 5) is 46.2. The number of rotatable bonds is 15. The summed E-state index contributed by atoms with van der Waals surface area (Å²) in [5.74, 6) is 0.137. The lowest BCUT2D eigenvalue weighted by Gasteiger charge is -2.30. The van der Waals surface area contributed by atoms with E-state index in [1.54, 1.807) is 0 Å². The van der Waals surface area contributed by atoms with Gasteiger partial charge in [0.2, 0.25) is 0 Å². The van der Waals surface area contributed by atoms with E-state index in [-0.39, 0.29) is 11.8 Å². The van der Waals surface area contributed by atoms with Crippen molar-refractivity contribution in [2.24, 2.45) is 0 Å². The van der Waals surface area contributed by atoms with E-state index in [0.717, 1.165) is 112 Å². The van der Waals surface area contributed by atoms with Crippen molar-refractivity contribution in [2.45, 2.75) is 66.5 Å². The molecule has 2 fully saturated rings. The highest BCUT2D eigenvalue weighted by Crippen LogP contribution is 2.36. The van der Waals surface area contributed by atoms with Crippen molar-refractivity contribution < 1.29 is 19.1 Å². The summed E-state index contributed by atoms with van der Waals surface area (Å²) in [6.07, 6.45) is 3.46. The molecule has 10 heteroatoms. The highest BCUT2D eigenvalue weighted by molar-refractivity contribution is 5.96. The highest BCUT2D eigenvalue weighted by atomic mass is 16.5. The minimum atomic E-state index is -0.496. The summed E-state index contributed by atoms with van der Waals surface area (Å²) in [5, 5.41) is 2.78. The molecule has 2 saturated heterocycles. The van der Waals surface area contributed by atoms with E-state index >= 15 is 0 Å². The first kappa shape index (κ1) is 52.6. The standard InChI is InChI=1S/C32H37N3O3.C30H35N3O/c1-4-35(5-2)31(36)27-16-14-25(15-17-27)30(28-12-9-13-29(22-28)33-32(37)38-3)26-18-20-34(21-19-26)23-24-10-7-6-8-11-24;1-3-33(4-2)30(34)26-15-13-24(14-16-26)29(27-11-8-12-28(31)21-27)25-17-19-32(20-18-25)22-23-9-6-5-7-10-23/h6-17,22H,4-5,18-21,23H2,1-3H3,(H,33,37);5-16,21H,3-4,17-20,22,31H2,1-2H3. The average Bonchev–Trinajstić information content (AvgIpc) is 3.42. The Labute approximate surface area is 427 Å². The molecule has 2 heterocycles. The van der Waals surface area contributed by atoms with E-state index in [1.807, 2.05) is 92.1 Å². The number of likely N-dealkylation sites (tertiary alicyclic amines) is 2. The zero-order chi connectivity index (χ0) is 50.8. The predicted octanol–water partition coefficient (Wildman–Crippen LogP) is 12.3. The van der Waals surface area contributed by atoms with Gasteiger partial charge in [-0.3, -0.25) is 24.7 Å². The molecule has 2 aliphatic heterocycles. The van der Waals surface area contributed by atoms with Gasteiger partial charge in [-0.25, -0.2) is 4.79 Å². The Balaban J connectivity index is 0.000000213. The van der Waals surface area contributed by atoms with Gasteiger partial charge in [0.15, 0.2) is 0 Å². The molecule has 2 aliphatic rings. The van der Waals surface area contributed by atoms with Crippen LogP contribution in [0, 0.1) is 0 Å². The number of nitrogens with one attached hydrogen (secondary N) is 1. The van der Waals surface area contributed by atoms with E-state index in [9.17, 15) is 14.4 Å². The van der Waals surface area contributed by atoms with Crippen molar-refractivity contribution in [2.75, 3.05) is 70.5 Å². The molecule has 0 aliphatic carbocycles. The number of carbonyl (C=O) groups excluding carboxylic acids is 3. The van der Waals surface area contributed by atoms with Crippen LogP contribution in [0.1, 0.15) is 107 Å². The second kappa shape index (κ2) is 26.3. The molecule has 0 saturated carbocycles. The third-order valence-electron chi connectivity index (χ3n) is 13.8. The number of hydrogen-bond acceptors (Lipinski definition) is 7.